The van der Waals surface area contributed by atoms with Crippen LogP contribution in [0.5, 0.6) is 0 Å². The van der Waals surface area contributed by atoms with Crippen LogP contribution in [0.4, 0.5) is 0 Å². The van der Waals surface area contributed by atoms with Gasteiger partial charge in [0.1, 0.15) is 0 Å². The molecule has 1 rings (SSSR count). The van der Waals surface area contributed by atoms with Gasteiger partial charge in [-0.25, -0.2) is 0 Å². The molecule has 0 aromatic carbocycles. The van der Waals surface area contributed by atoms with Crippen LogP contribution in [0.2, 0.25) is 0 Å². The first kappa shape index (κ1) is 9.95. The maximum absolute atomic E-state index is 10.5. The van der Waals surface area contributed by atoms with Gasteiger partial charge in [0.25, 0.3) is 0 Å². The summed E-state index contributed by atoms with van der Waals surface area (Å²) in [6, 6.07) is -0.0752. The minimum absolute atomic E-state index is 0.0752. The predicted octanol–water partition coefficient (Wildman–Crippen LogP) is 0.958. The summed E-state index contributed by atoms with van der Waals surface area (Å²) < 4.78 is 31.8. The van der Waals surface area contributed by atoms with Crippen LogP contribution in [0.3, 0.4) is 0 Å². The molecule has 0 aliphatic heterocycles. The molecule has 1 fully saturated rings. The van der Waals surface area contributed by atoms with Gasteiger partial charge >= 0.3 is 10.3 Å². The lowest BCUT2D eigenvalue weighted by Gasteiger charge is -2.27. The van der Waals surface area contributed by atoms with Crippen LogP contribution in [0.25, 0.3) is 0 Å². The van der Waals surface area contributed by atoms with Gasteiger partial charge < -0.3 is 0 Å². The largest absolute Gasteiger partial charge is 0.333 e. The lowest BCUT2D eigenvalue weighted by molar-refractivity contribution is 0.302. The smallest absolute Gasteiger partial charge is 0.273 e. The first-order valence-corrected chi connectivity index (χ1v) is 5.68. The molecule has 0 aromatic heterocycles. The average Bonchev–Trinajstić information content (AvgIpc) is 1.91. The van der Waals surface area contributed by atoms with Crippen molar-refractivity contribution in [1.82, 2.24) is 4.72 Å². The standard InChI is InChI=1S/C7H15NO3S/c1-6-4-2-3-5-7(6)8-12(9,10)11/h6-8H,2-5H2,1H3,(H,9,10,11)/t6-,7-/m1/s1. The van der Waals surface area contributed by atoms with Gasteiger partial charge in [0, 0.05) is 6.04 Å². The number of rotatable bonds is 2. The number of hydrogen-bond acceptors (Lipinski definition) is 2. The zero-order chi connectivity index (χ0) is 9.19. The van der Waals surface area contributed by atoms with E-state index in [9.17, 15) is 8.42 Å². The van der Waals surface area contributed by atoms with Crippen LogP contribution in [0, 0.1) is 5.92 Å². The van der Waals surface area contributed by atoms with Crippen LogP contribution in [-0.4, -0.2) is 19.0 Å². The van der Waals surface area contributed by atoms with Crippen LogP contribution in [0.15, 0.2) is 0 Å². The molecule has 0 unspecified atom stereocenters. The first-order valence-electron chi connectivity index (χ1n) is 4.24. The maximum atomic E-state index is 10.5. The van der Waals surface area contributed by atoms with E-state index in [1.54, 1.807) is 0 Å². The molecular weight excluding hydrogens is 178 g/mol. The molecule has 1 aliphatic carbocycles. The minimum atomic E-state index is -4.01. The lowest BCUT2D eigenvalue weighted by atomic mass is 9.87. The highest BCUT2D eigenvalue weighted by Crippen LogP contribution is 2.23. The van der Waals surface area contributed by atoms with Crippen molar-refractivity contribution in [2.24, 2.45) is 5.92 Å². The summed E-state index contributed by atoms with van der Waals surface area (Å²) in [5.41, 5.74) is 0. The fraction of sp³-hybridized carbons (Fsp3) is 1.00. The second kappa shape index (κ2) is 3.72. The van der Waals surface area contributed by atoms with E-state index in [-0.39, 0.29) is 6.04 Å². The molecule has 2 N–H and O–H groups in total. The van der Waals surface area contributed by atoms with Gasteiger partial charge in [0.15, 0.2) is 0 Å². The van der Waals surface area contributed by atoms with Crippen molar-refractivity contribution in [3.05, 3.63) is 0 Å². The number of nitrogens with one attached hydrogen (secondary N) is 1. The Morgan fingerprint density at radius 2 is 1.92 bits per heavy atom. The molecule has 4 nitrogen and oxygen atoms in total. The van der Waals surface area contributed by atoms with Crippen LogP contribution in [0.1, 0.15) is 32.6 Å². The van der Waals surface area contributed by atoms with E-state index in [1.807, 2.05) is 6.92 Å². The SMILES string of the molecule is C[C@@H]1CCCC[C@H]1NS(=O)(=O)O. The topological polar surface area (TPSA) is 66.4 Å². The van der Waals surface area contributed by atoms with Gasteiger partial charge in [-0.1, -0.05) is 19.8 Å². The molecule has 5 heteroatoms. The van der Waals surface area contributed by atoms with Gasteiger partial charge in [-0.05, 0) is 18.8 Å². The monoisotopic (exact) mass is 193 g/mol. The molecular formula is C7H15NO3S. The fourth-order valence-corrected chi connectivity index (χ4v) is 2.42. The van der Waals surface area contributed by atoms with Crippen molar-refractivity contribution < 1.29 is 13.0 Å². The Balaban J connectivity index is 2.50. The summed E-state index contributed by atoms with van der Waals surface area (Å²) in [7, 11) is -4.01. The van der Waals surface area contributed by atoms with Crippen molar-refractivity contribution in [3.8, 4) is 0 Å². The Kier molecular flexibility index (Phi) is 3.09. The summed E-state index contributed by atoms with van der Waals surface area (Å²) in [4.78, 5) is 0. The average molecular weight is 193 g/mol. The Hall–Kier alpha value is -0.130. The molecule has 0 radical (unpaired) electrons. The summed E-state index contributed by atoms with van der Waals surface area (Å²) >= 11 is 0. The third-order valence-electron chi connectivity index (χ3n) is 2.41. The van der Waals surface area contributed by atoms with E-state index >= 15 is 0 Å². The van der Waals surface area contributed by atoms with Gasteiger partial charge in [-0.2, -0.15) is 13.1 Å². The van der Waals surface area contributed by atoms with E-state index in [0.29, 0.717) is 5.92 Å². The zero-order valence-electron chi connectivity index (χ0n) is 7.16. The van der Waals surface area contributed by atoms with E-state index in [1.165, 1.54) is 0 Å². The third kappa shape index (κ3) is 3.08. The molecule has 0 spiro atoms. The maximum Gasteiger partial charge on any atom is 0.333 e. The summed E-state index contributed by atoms with van der Waals surface area (Å²) in [5, 5.41) is 0. The normalized spacial score (nSPS) is 31.8. The molecule has 2 atom stereocenters. The molecule has 0 saturated heterocycles. The summed E-state index contributed by atoms with van der Waals surface area (Å²) in [6.07, 6.45) is 4.07. The molecule has 72 valence electrons. The molecule has 0 aromatic rings. The predicted molar refractivity (Wildman–Crippen MR) is 46.1 cm³/mol. The molecule has 12 heavy (non-hydrogen) atoms. The van der Waals surface area contributed by atoms with Gasteiger partial charge in [-0.3, -0.25) is 4.55 Å². The van der Waals surface area contributed by atoms with Crippen molar-refractivity contribution in [2.45, 2.75) is 38.6 Å². The highest BCUT2D eigenvalue weighted by Gasteiger charge is 2.24. The van der Waals surface area contributed by atoms with Gasteiger partial charge in [-0.15, -0.1) is 0 Å². The van der Waals surface area contributed by atoms with E-state index < -0.39 is 10.3 Å². The van der Waals surface area contributed by atoms with Crippen molar-refractivity contribution >= 4 is 10.3 Å². The third-order valence-corrected chi connectivity index (χ3v) is 3.01. The zero-order valence-corrected chi connectivity index (χ0v) is 7.97. The van der Waals surface area contributed by atoms with Crippen LogP contribution in [-0.2, 0) is 10.3 Å². The van der Waals surface area contributed by atoms with Gasteiger partial charge in [0.05, 0.1) is 0 Å². The summed E-state index contributed by atoms with van der Waals surface area (Å²) in [5.74, 6) is 0.334. The quantitative estimate of drug-likeness (QED) is 0.642. The van der Waals surface area contributed by atoms with E-state index in [0.717, 1.165) is 25.7 Å². The minimum Gasteiger partial charge on any atom is -0.273 e. The molecule has 1 aliphatic rings. The Labute approximate surface area is 73.2 Å². The Morgan fingerprint density at radius 1 is 1.33 bits per heavy atom. The van der Waals surface area contributed by atoms with Crippen LogP contribution < -0.4 is 4.72 Å². The number of hydrogen-bond donors (Lipinski definition) is 2. The van der Waals surface area contributed by atoms with E-state index in [4.69, 9.17) is 4.55 Å². The van der Waals surface area contributed by atoms with Crippen molar-refractivity contribution in [2.75, 3.05) is 0 Å². The molecule has 0 bridgehead atoms. The lowest BCUT2D eigenvalue weighted by Crippen LogP contribution is -2.40. The van der Waals surface area contributed by atoms with Crippen molar-refractivity contribution in [3.63, 3.8) is 0 Å². The Morgan fingerprint density at radius 3 is 2.42 bits per heavy atom. The molecule has 0 amide bonds. The van der Waals surface area contributed by atoms with Gasteiger partial charge in [0.2, 0.25) is 0 Å². The Bertz CT molecular complexity index is 237. The summed E-state index contributed by atoms with van der Waals surface area (Å²) in [6.45, 7) is 2.00. The van der Waals surface area contributed by atoms with E-state index in [2.05, 4.69) is 4.72 Å². The molecule has 0 heterocycles. The second-order valence-electron chi connectivity index (χ2n) is 3.46. The van der Waals surface area contributed by atoms with Crippen molar-refractivity contribution in [1.29, 1.82) is 0 Å². The highest BCUT2D eigenvalue weighted by molar-refractivity contribution is 7.83. The fourth-order valence-electron chi connectivity index (χ4n) is 1.68. The molecule has 1 saturated carbocycles. The second-order valence-corrected chi connectivity index (χ2v) is 4.65. The van der Waals surface area contributed by atoms with Crippen LogP contribution >= 0.6 is 0 Å². The highest BCUT2D eigenvalue weighted by atomic mass is 32.2. The first-order chi connectivity index (χ1) is 5.49.